The normalized spacial score (nSPS) is 24.8. The van der Waals surface area contributed by atoms with E-state index in [9.17, 15) is 4.79 Å². The molecule has 2 aliphatic rings. The van der Waals surface area contributed by atoms with Crippen LogP contribution >= 0.6 is 0 Å². The van der Waals surface area contributed by atoms with Gasteiger partial charge in [0.1, 0.15) is 0 Å². The van der Waals surface area contributed by atoms with Gasteiger partial charge in [-0.05, 0) is 37.3 Å². The van der Waals surface area contributed by atoms with Crippen LogP contribution in [0.4, 0.5) is 5.69 Å². The summed E-state index contributed by atoms with van der Waals surface area (Å²) in [4.78, 5) is 13.9. The molecule has 1 heterocycles. The molecule has 2 atom stereocenters. The monoisotopic (exact) mass is 272 g/mol. The van der Waals surface area contributed by atoms with Gasteiger partial charge in [-0.1, -0.05) is 31.0 Å². The van der Waals surface area contributed by atoms with Crippen molar-refractivity contribution in [2.75, 3.05) is 11.9 Å². The fourth-order valence-electron chi connectivity index (χ4n) is 3.70. The predicted octanol–water partition coefficient (Wildman–Crippen LogP) is 3.26. The number of nitrogens with zero attached hydrogens (tertiary/aromatic N) is 1. The van der Waals surface area contributed by atoms with E-state index < -0.39 is 0 Å². The maximum absolute atomic E-state index is 12.2. The Hall–Kier alpha value is -1.35. The Kier molecular flexibility index (Phi) is 3.79. The van der Waals surface area contributed by atoms with Crippen LogP contribution in [-0.4, -0.2) is 19.0 Å². The molecular formula is C17H24N2O. The Morgan fingerprint density at radius 2 is 1.95 bits per heavy atom. The molecule has 1 aromatic rings. The molecule has 0 saturated heterocycles. The topological polar surface area (TPSA) is 32.3 Å². The number of carbonyl (C=O) groups excluding carboxylic acids is 1. The van der Waals surface area contributed by atoms with Crippen molar-refractivity contribution in [3.63, 3.8) is 0 Å². The molecule has 3 heteroatoms. The first kappa shape index (κ1) is 13.6. The van der Waals surface area contributed by atoms with Gasteiger partial charge in [0.05, 0.1) is 0 Å². The molecule has 3 nitrogen and oxygen atoms in total. The minimum atomic E-state index is 0.172. The summed E-state index contributed by atoms with van der Waals surface area (Å²) in [7, 11) is 1.87. The Morgan fingerprint density at radius 3 is 2.70 bits per heavy atom. The van der Waals surface area contributed by atoms with Crippen LogP contribution in [0, 0.1) is 5.92 Å². The lowest BCUT2D eigenvalue weighted by Gasteiger charge is -2.35. The van der Waals surface area contributed by atoms with E-state index in [0.29, 0.717) is 12.5 Å². The molecule has 1 amide bonds. The quantitative estimate of drug-likeness (QED) is 0.916. The van der Waals surface area contributed by atoms with Crippen LogP contribution in [0.15, 0.2) is 24.3 Å². The van der Waals surface area contributed by atoms with Crippen molar-refractivity contribution >= 4 is 11.6 Å². The first-order chi connectivity index (χ1) is 9.66. The molecule has 0 aromatic heterocycles. The van der Waals surface area contributed by atoms with Gasteiger partial charge in [0.15, 0.2) is 0 Å². The van der Waals surface area contributed by atoms with E-state index in [1.54, 1.807) is 4.90 Å². The number of fused-ring (bicyclic) bond motifs is 1. The van der Waals surface area contributed by atoms with Gasteiger partial charge in [0.25, 0.3) is 0 Å². The number of nitrogens with one attached hydrogen (secondary N) is 1. The Balaban J connectivity index is 1.79. The Bertz CT molecular complexity index is 494. The van der Waals surface area contributed by atoms with E-state index in [4.69, 9.17) is 0 Å². The summed E-state index contributed by atoms with van der Waals surface area (Å²) < 4.78 is 0. The van der Waals surface area contributed by atoms with Crippen LogP contribution in [0.25, 0.3) is 0 Å². The first-order valence-corrected chi connectivity index (χ1v) is 7.78. The summed E-state index contributed by atoms with van der Waals surface area (Å²) in [6.45, 7) is 2.28. The van der Waals surface area contributed by atoms with Crippen molar-refractivity contribution in [3.05, 3.63) is 29.8 Å². The highest BCUT2D eigenvalue weighted by atomic mass is 16.2. The van der Waals surface area contributed by atoms with Crippen molar-refractivity contribution < 1.29 is 4.79 Å². The molecule has 1 aliphatic carbocycles. The highest BCUT2D eigenvalue weighted by Gasteiger charge is 2.31. The van der Waals surface area contributed by atoms with E-state index in [1.807, 2.05) is 19.2 Å². The standard InChI is InChI=1S/C17H24N2O/c1-12(13-7-3-4-8-13)18-15-11-17(20)19(2)16-10-6-5-9-14(15)16/h5-6,9-10,12-13,15,18H,3-4,7-8,11H2,1-2H3/t12-,15?/m0/s1. The van der Waals surface area contributed by atoms with Crippen molar-refractivity contribution in [3.8, 4) is 0 Å². The minimum Gasteiger partial charge on any atom is -0.315 e. The van der Waals surface area contributed by atoms with Crippen molar-refractivity contribution in [1.29, 1.82) is 0 Å². The molecule has 1 N–H and O–H groups in total. The predicted molar refractivity (Wildman–Crippen MR) is 81.8 cm³/mol. The first-order valence-electron chi connectivity index (χ1n) is 7.78. The molecule has 1 fully saturated rings. The van der Waals surface area contributed by atoms with Crippen molar-refractivity contribution in [2.24, 2.45) is 5.92 Å². The number of anilines is 1. The summed E-state index contributed by atoms with van der Waals surface area (Å²) in [5.41, 5.74) is 2.32. The van der Waals surface area contributed by atoms with Gasteiger partial charge in [0.2, 0.25) is 5.91 Å². The second kappa shape index (κ2) is 5.57. The Morgan fingerprint density at radius 1 is 1.25 bits per heavy atom. The second-order valence-electron chi connectivity index (χ2n) is 6.27. The molecule has 1 unspecified atom stereocenters. The molecule has 20 heavy (non-hydrogen) atoms. The zero-order chi connectivity index (χ0) is 14.1. The van der Waals surface area contributed by atoms with Crippen molar-refractivity contribution in [2.45, 2.75) is 51.1 Å². The van der Waals surface area contributed by atoms with E-state index >= 15 is 0 Å². The number of hydrogen-bond acceptors (Lipinski definition) is 2. The molecular weight excluding hydrogens is 248 g/mol. The van der Waals surface area contributed by atoms with E-state index in [2.05, 4.69) is 24.4 Å². The third kappa shape index (κ3) is 2.47. The maximum atomic E-state index is 12.2. The van der Waals surface area contributed by atoms with Gasteiger partial charge >= 0.3 is 0 Å². The molecule has 1 aliphatic heterocycles. The average molecular weight is 272 g/mol. The second-order valence-corrected chi connectivity index (χ2v) is 6.27. The summed E-state index contributed by atoms with van der Waals surface area (Å²) in [5, 5.41) is 3.72. The lowest BCUT2D eigenvalue weighted by atomic mass is 9.92. The number of para-hydroxylation sites is 1. The minimum absolute atomic E-state index is 0.172. The summed E-state index contributed by atoms with van der Waals surface area (Å²) in [6, 6.07) is 8.93. The summed E-state index contributed by atoms with van der Waals surface area (Å²) in [5.74, 6) is 0.983. The van der Waals surface area contributed by atoms with Gasteiger partial charge in [-0.3, -0.25) is 4.79 Å². The number of hydrogen-bond donors (Lipinski definition) is 1. The highest BCUT2D eigenvalue weighted by Crippen LogP contribution is 2.35. The van der Waals surface area contributed by atoms with Crippen LogP contribution < -0.4 is 10.2 Å². The van der Waals surface area contributed by atoms with Crippen LogP contribution in [0.3, 0.4) is 0 Å². The molecule has 0 radical (unpaired) electrons. The molecule has 108 valence electrons. The molecule has 0 spiro atoms. The molecule has 3 rings (SSSR count). The molecule has 0 bridgehead atoms. The zero-order valence-electron chi connectivity index (χ0n) is 12.4. The third-order valence-corrected chi connectivity index (χ3v) is 5.00. The van der Waals surface area contributed by atoms with Gasteiger partial charge < -0.3 is 10.2 Å². The van der Waals surface area contributed by atoms with Gasteiger partial charge in [-0.25, -0.2) is 0 Å². The average Bonchev–Trinajstić information content (AvgIpc) is 2.99. The largest absolute Gasteiger partial charge is 0.315 e. The number of carbonyl (C=O) groups is 1. The van der Waals surface area contributed by atoms with Crippen molar-refractivity contribution in [1.82, 2.24) is 5.32 Å². The SMILES string of the molecule is C[C@H](NC1CC(=O)N(C)c2ccccc21)C1CCCC1. The smallest absolute Gasteiger partial charge is 0.228 e. The molecule has 1 aromatic carbocycles. The fraction of sp³-hybridized carbons (Fsp3) is 0.588. The number of rotatable bonds is 3. The van der Waals surface area contributed by atoms with Gasteiger partial charge in [-0.2, -0.15) is 0 Å². The Labute approximate surface area is 121 Å². The summed E-state index contributed by atoms with van der Waals surface area (Å²) in [6.07, 6.45) is 5.95. The van der Waals surface area contributed by atoms with Gasteiger partial charge in [0, 0.05) is 31.2 Å². The zero-order valence-corrected chi connectivity index (χ0v) is 12.4. The fourth-order valence-corrected chi connectivity index (χ4v) is 3.70. The molecule has 1 saturated carbocycles. The number of amides is 1. The highest BCUT2D eigenvalue weighted by molar-refractivity contribution is 5.96. The third-order valence-electron chi connectivity index (χ3n) is 5.00. The van der Waals surface area contributed by atoms with E-state index in [0.717, 1.165) is 11.6 Å². The van der Waals surface area contributed by atoms with E-state index in [1.165, 1.54) is 31.2 Å². The maximum Gasteiger partial charge on any atom is 0.228 e. The van der Waals surface area contributed by atoms with Crippen LogP contribution in [0.2, 0.25) is 0 Å². The number of benzene rings is 1. The van der Waals surface area contributed by atoms with Crippen LogP contribution in [0.1, 0.15) is 50.6 Å². The lowest BCUT2D eigenvalue weighted by Crippen LogP contribution is -2.42. The van der Waals surface area contributed by atoms with Crippen LogP contribution in [0.5, 0.6) is 0 Å². The van der Waals surface area contributed by atoms with Gasteiger partial charge in [-0.15, -0.1) is 0 Å². The summed E-state index contributed by atoms with van der Waals surface area (Å²) >= 11 is 0. The van der Waals surface area contributed by atoms with E-state index in [-0.39, 0.29) is 11.9 Å². The van der Waals surface area contributed by atoms with Crippen LogP contribution in [-0.2, 0) is 4.79 Å². The lowest BCUT2D eigenvalue weighted by molar-refractivity contribution is -0.119.